The fourth-order valence-corrected chi connectivity index (χ4v) is 1.55. The van der Waals surface area contributed by atoms with Crippen molar-refractivity contribution in [2.75, 3.05) is 13.1 Å². The normalized spacial score (nSPS) is 22.6. The molecule has 2 heteroatoms. The summed E-state index contributed by atoms with van der Waals surface area (Å²) >= 11 is 0. The van der Waals surface area contributed by atoms with E-state index in [0.717, 1.165) is 31.7 Å². The molecule has 0 spiro atoms. The smallest absolute Gasteiger partial charge is 0.119 e. The molecule has 0 aliphatic carbocycles. The highest BCUT2D eigenvalue weighted by atomic mass is 16.5. The minimum absolute atomic E-state index is 0.302. The molecule has 0 amide bonds. The van der Waals surface area contributed by atoms with Crippen LogP contribution >= 0.6 is 0 Å². The first-order valence-electron chi connectivity index (χ1n) is 4.80. The Labute approximate surface area is 78.9 Å². The summed E-state index contributed by atoms with van der Waals surface area (Å²) in [4.78, 5) is 0. The lowest BCUT2D eigenvalue weighted by Crippen LogP contribution is -2.32. The number of rotatable bonds is 2. The van der Waals surface area contributed by atoms with Crippen molar-refractivity contribution in [3.63, 3.8) is 0 Å². The van der Waals surface area contributed by atoms with Crippen LogP contribution in [0.1, 0.15) is 12.8 Å². The van der Waals surface area contributed by atoms with Crippen molar-refractivity contribution >= 4 is 0 Å². The highest BCUT2D eigenvalue weighted by Crippen LogP contribution is 2.14. The van der Waals surface area contributed by atoms with Gasteiger partial charge in [0.2, 0.25) is 0 Å². The standard InChI is InChI=1S/C11H14NO/c1-2-5-10(6-3-1)13-11-7-4-8-12-9-11/h1-3,5-6,11H,4,7-9H2/t11-/m0/s1. The molecular formula is C11H14NO. The summed E-state index contributed by atoms with van der Waals surface area (Å²) in [6, 6.07) is 9.98. The second kappa shape index (κ2) is 4.28. The van der Waals surface area contributed by atoms with E-state index in [9.17, 15) is 0 Å². The minimum Gasteiger partial charge on any atom is -0.489 e. The second-order valence-corrected chi connectivity index (χ2v) is 3.32. The predicted molar refractivity (Wildman–Crippen MR) is 52.0 cm³/mol. The predicted octanol–water partition coefficient (Wildman–Crippen LogP) is 1.83. The quantitative estimate of drug-likeness (QED) is 0.674. The van der Waals surface area contributed by atoms with Gasteiger partial charge in [0.1, 0.15) is 11.9 Å². The van der Waals surface area contributed by atoms with Gasteiger partial charge < -0.3 is 4.74 Å². The van der Waals surface area contributed by atoms with Crippen LogP contribution in [-0.4, -0.2) is 19.2 Å². The van der Waals surface area contributed by atoms with Gasteiger partial charge in [0.05, 0.1) is 6.54 Å². The molecule has 1 atom stereocenters. The number of benzene rings is 1. The molecule has 1 saturated heterocycles. The van der Waals surface area contributed by atoms with Crippen LogP contribution in [0.25, 0.3) is 0 Å². The highest BCUT2D eigenvalue weighted by molar-refractivity contribution is 5.21. The summed E-state index contributed by atoms with van der Waals surface area (Å²) in [6.07, 6.45) is 2.60. The molecule has 2 nitrogen and oxygen atoms in total. The van der Waals surface area contributed by atoms with E-state index in [0.29, 0.717) is 6.10 Å². The summed E-state index contributed by atoms with van der Waals surface area (Å²) in [6.45, 7) is 1.86. The highest BCUT2D eigenvalue weighted by Gasteiger charge is 2.14. The van der Waals surface area contributed by atoms with Gasteiger partial charge in [-0.1, -0.05) is 18.2 Å². The van der Waals surface area contributed by atoms with Crippen LogP contribution in [0.2, 0.25) is 0 Å². The van der Waals surface area contributed by atoms with Crippen molar-refractivity contribution in [2.45, 2.75) is 18.9 Å². The van der Waals surface area contributed by atoms with E-state index < -0.39 is 0 Å². The van der Waals surface area contributed by atoms with E-state index >= 15 is 0 Å². The molecule has 1 aliphatic rings. The van der Waals surface area contributed by atoms with Crippen LogP contribution in [0, 0.1) is 0 Å². The van der Waals surface area contributed by atoms with Crippen LogP contribution < -0.4 is 10.1 Å². The molecule has 1 fully saturated rings. The Morgan fingerprint density at radius 1 is 1.23 bits per heavy atom. The molecule has 1 aromatic carbocycles. The van der Waals surface area contributed by atoms with Gasteiger partial charge >= 0.3 is 0 Å². The zero-order valence-electron chi connectivity index (χ0n) is 7.65. The van der Waals surface area contributed by atoms with Gasteiger partial charge in [0.15, 0.2) is 0 Å². The molecule has 0 N–H and O–H groups in total. The molecule has 0 aromatic heterocycles. The molecule has 0 bridgehead atoms. The van der Waals surface area contributed by atoms with Crippen LogP contribution in [0.4, 0.5) is 0 Å². The fourth-order valence-electron chi connectivity index (χ4n) is 1.55. The van der Waals surface area contributed by atoms with Gasteiger partial charge in [-0.25, -0.2) is 5.32 Å². The van der Waals surface area contributed by atoms with E-state index in [1.807, 2.05) is 30.3 Å². The molecule has 0 saturated carbocycles. The number of piperidine rings is 1. The summed E-state index contributed by atoms with van der Waals surface area (Å²) in [5.74, 6) is 0.963. The average molecular weight is 176 g/mol. The maximum absolute atomic E-state index is 5.76. The molecule has 69 valence electrons. The van der Waals surface area contributed by atoms with Crippen molar-refractivity contribution in [1.82, 2.24) is 5.32 Å². The monoisotopic (exact) mass is 176 g/mol. The number of ether oxygens (including phenoxy) is 1. The summed E-state index contributed by atoms with van der Waals surface area (Å²) < 4.78 is 5.76. The van der Waals surface area contributed by atoms with Gasteiger partial charge in [0, 0.05) is 6.54 Å². The Balaban J connectivity index is 1.90. The molecule has 1 radical (unpaired) electrons. The van der Waals surface area contributed by atoms with Gasteiger partial charge in [-0.05, 0) is 25.0 Å². The third-order valence-corrected chi connectivity index (χ3v) is 2.22. The Morgan fingerprint density at radius 2 is 2.08 bits per heavy atom. The molecule has 13 heavy (non-hydrogen) atoms. The molecule has 1 aliphatic heterocycles. The fraction of sp³-hybridized carbons (Fsp3) is 0.455. The third-order valence-electron chi connectivity index (χ3n) is 2.22. The van der Waals surface area contributed by atoms with Crippen molar-refractivity contribution in [3.05, 3.63) is 30.3 Å². The summed E-state index contributed by atoms with van der Waals surface area (Å²) in [5.41, 5.74) is 0. The van der Waals surface area contributed by atoms with E-state index in [1.165, 1.54) is 0 Å². The van der Waals surface area contributed by atoms with E-state index in [1.54, 1.807) is 0 Å². The summed E-state index contributed by atoms with van der Waals surface area (Å²) in [7, 11) is 0. The second-order valence-electron chi connectivity index (χ2n) is 3.32. The topological polar surface area (TPSA) is 23.3 Å². The van der Waals surface area contributed by atoms with Gasteiger partial charge in [-0.15, -0.1) is 0 Å². The Bertz CT molecular complexity index is 242. The van der Waals surface area contributed by atoms with Crippen LogP contribution in [0.15, 0.2) is 30.3 Å². The number of nitrogens with zero attached hydrogens (tertiary/aromatic N) is 1. The molecular weight excluding hydrogens is 162 g/mol. The first kappa shape index (κ1) is 8.57. The maximum Gasteiger partial charge on any atom is 0.119 e. The number of hydrogen-bond acceptors (Lipinski definition) is 1. The first-order valence-corrected chi connectivity index (χ1v) is 4.80. The lowest BCUT2D eigenvalue weighted by atomic mass is 10.1. The zero-order chi connectivity index (χ0) is 8.93. The molecule has 2 rings (SSSR count). The van der Waals surface area contributed by atoms with E-state index in [-0.39, 0.29) is 0 Å². The van der Waals surface area contributed by atoms with Gasteiger partial charge in [-0.3, -0.25) is 0 Å². The van der Waals surface area contributed by atoms with E-state index in [4.69, 9.17) is 4.74 Å². The first-order chi connectivity index (χ1) is 6.45. The van der Waals surface area contributed by atoms with E-state index in [2.05, 4.69) is 5.32 Å². The third kappa shape index (κ3) is 2.46. The van der Waals surface area contributed by atoms with Crippen molar-refractivity contribution in [2.24, 2.45) is 0 Å². The molecule has 1 aromatic rings. The maximum atomic E-state index is 5.76. The van der Waals surface area contributed by atoms with Crippen LogP contribution in [0.3, 0.4) is 0 Å². The Kier molecular flexibility index (Phi) is 2.82. The zero-order valence-corrected chi connectivity index (χ0v) is 7.65. The van der Waals surface area contributed by atoms with Gasteiger partial charge in [-0.2, -0.15) is 0 Å². The largest absolute Gasteiger partial charge is 0.489 e. The number of para-hydroxylation sites is 1. The minimum atomic E-state index is 0.302. The average Bonchev–Trinajstić information content (AvgIpc) is 2.21. The van der Waals surface area contributed by atoms with Crippen molar-refractivity contribution < 1.29 is 4.74 Å². The van der Waals surface area contributed by atoms with Gasteiger partial charge in [0.25, 0.3) is 0 Å². The van der Waals surface area contributed by atoms with Crippen LogP contribution in [0.5, 0.6) is 5.75 Å². The Morgan fingerprint density at radius 3 is 2.77 bits per heavy atom. The Hall–Kier alpha value is -1.02. The number of hydrogen-bond donors (Lipinski definition) is 0. The summed E-state index contributed by atoms with van der Waals surface area (Å²) in [5, 5.41) is 4.33. The molecule has 1 heterocycles. The lowest BCUT2D eigenvalue weighted by Gasteiger charge is -2.22. The van der Waals surface area contributed by atoms with Crippen molar-refractivity contribution in [1.29, 1.82) is 0 Å². The molecule has 0 unspecified atom stereocenters. The van der Waals surface area contributed by atoms with Crippen molar-refractivity contribution in [3.8, 4) is 5.75 Å². The van der Waals surface area contributed by atoms with Crippen LogP contribution in [-0.2, 0) is 0 Å². The lowest BCUT2D eigenvalue weighted by molar-refractivity contribution is 0.165. The SMILES string of the molecule is c1ccc(O[C@H]2CCC[N]C2)cc1.